The molecule has 17 heavy (non-hydrogen) atoms. The molecular weight excluding hydrogens is 228 g/mol. The zero-order chi connectivity index (χ0) is 12.8. The predicted molar refractivity (Wildman–Crippen MR) is 57.9 cm³/mol. The van der Waals surface area contributed by atoms with Crippen LogP contribution in [0.2, 0.25) is 0 Å². The second-order valence-corrected chi connectivity index (χ2v) is 3.14. The number of carboxylic acids is 1. The van der Waals surface area contributed by atoms with E-state index >= 15 is 0 Å². The number of rotatable bonds is 5. The number of nitro groups is 1. The maximum atomic E-state index is 10.6. The van der Waals surface area contributed by atoms with E-state index in [4.69, 9.17) is 5.11 Å². The Morgan fingerprint density at radius 2 is 2.18 bits per heavy atom. The van der Waals surface area contributed by atoms with Crippen LogP contribution in [0.1, 0.15) is 0 Å². The molecule has 0 amide bonds. The van der Waals surface area contributed by atoms with E-state index in [2.05, 4.69) is 10.3 Å². The van der Waals surface area contributed by atoms with Crippen molar-refractivity contribution in [3.63, 3.8) is 0 Å². The first-order valence-corrected chi connectivity index (χ1v) is 4.58. The summed E-state index contributed by atoms with van der Waals surface area (Å²) >= 11 is 0. The molecule has 0 aliphatic rings. The molecule has 1 aromatic rings. The smallest absolute Gasteiger partial charge is 0.324 e. The molecule has 0 aliphatic heterocycles. The molecule has 0 atom stereocenters. The Hall–Kier alpha value is -2.51. The summed E-state index contributed by atoms with van der Waals surface area (Å²) < 4.78 is 0. The van der Waals surface area contributed by atoms with Crippen LogP contribution < -0.4 is 0 Å². The number of para-hydroxylation sites is 1. The molecule has 0 unspecified atom stereocenters. The first-order chi connectivity index (χ1) is 8.00. The molecule has 0 spiro atoms. The van der Waals surface area contributed by atoms with Crippen molar-refractivity contribution < 1.29 is 14.8 Å². The van der Waals surface area contributed by atoms with Gasteiger partial charge in [-0.2, -0.15) is 0 Å². The van der Waals surface area contributed by atoms with E-state index in [9.17, 15) is 14.9 Å². The minimum atomic E-state index is -1.06. The molecule has 0 saturated heterocycles. The second kappa shape index (κ2) is 5.54. The van der Waals surface area contributed by atoms with E-state index in [0.29, 0.717) is 0 Å². The van der Waals surface area contributed by atoms with Crippen molar-refractivity contribution in [2.75, 3.05) is 13.6 Å². The Morgan fingerprint density at radius 1 is 1.53 bits per heavy atom. The highest BCUT2D eigenvalue weighted by Crippen LogP contribution is 2.26. The minimum absolute atomic E-state index is 0.0785. The lowest BCUT2D eigenvalue weighted by Crippen LogP contribution is -2.19. The highest BCUT2D eigenvalue weighted by Gasteiger charge is 2.11. The van der Waals surface area contributed by atoms with Gasteiger partial charge < -0.3 is 5.11 Å². The highest BCUT2D eigenvalue weighted by molar-refractivity contribution is 5.68. The molecule has 0 aliphatic carbocycles. The molecule has 1 aromatic carbocycles. The van der Waals surface area contributed by atoms with E-state index in [1.807, 2.05) is 0 Å². The summed E-state index contributed by atoms with van der Waals surface area (Å²) in [5.74, 6) is -1.06. The monoisotopic (exact) mass is 238 g/mol. The molecule has 90 valence electrons. The van der Waals surface area contributed by atoms with Gasteiger partial charge in [-0.1, -0.05) is 17.4 Å². The Labute approximate surface area is 96.3 Å². The quantitative estimate of drug-likeness (QED) is 0.476. The number of aliphatic carboxylic acids is 1. The van der Waals surface area contributed by atoms with Crippen LogP contribution in [0.15, 0.2) is 34.6 Å². The molecule has 0 bridgehead atoms. The van der Waals surface area contributed by atoms with Gasteiger partial charge in [-0.3, -0.25) is 19.9 Å². The van der Waals surface area contributed by atoms with Crippen LogP contribution in [0.4, 0.5) is 11.4 Å². The average molecular weight is 238 g/mol. The van der Waals surface area contributed by atoms with Gasteiger partial charge in [-0.15, -0.1) is 5.11 Å². The third-order valence-electron chi connectivity index (χ3n) is 1.75. The van der Waals surface area contributed by atoms with Crippen LogP contribution in [0.25, 0.3) is 0 Å². The highest BCUT2D eigenvalue weighted by atomic mass is 16.6. The van der Waals surface area contributed by atoms with Crippen molar-refractivity contribution >= 4 is 17.3 Å². The van der Waals surface area contributed by atoms with Gasteiger partial charge in [0.1, 0.15) is 6.54 Å². The zero-order valence-corrected chi connectivity index (χ0v) is 8.98. The summed E-state index contributed by atoms with van der Waals surface area (Å²) in [6.07, 6.45) is 0. The van der Waals surface area contributed by atoms with Crippen LogP contribution in [0.3, 0.4) is 0 Å². The number of hydrogen-bond donors (Lipinski definition) is 1. The summed E-state index contributed by atoms with van der Waals surface area (Å²) in [7, 11) is 1.41. The van der Waals surface area contributed by atoms with Crippen LogP contribution >= 0.6 is 0 Å². The predicted octanol–water partition coefficient (Wildman–Crippen LogP) is 1.61. The van der Waals surface area contributed by atoms with Crippen LogP contribution in [0, 0.1) is 10.1 Å². The molecule has 0 radical (unpaired) electrons. The number of nitro benzene ring substituents is 1. The van der Waals surface area contributed by atoms with Crippen molar-refractivity contribution in [1.29, 1.82) is 0 Å². The normalized spacial score (nSPS) is 10.4. The van der Waals surface area contributed by atoms with Gasteiger partial charge in [0.2, 0.25) is 0 Å². The summed E-state index contributed by atoms with van der Waals surface area (Å²) in [6.45, 7) is -0.329. The van der Waals surface area contributed by atoms with Crippen LogP contribution in [-0.2, 0) is 4.79 Å². The number of carboxylic acid groups (broad SMARTS) is 1. The van der Waals surface area contributed by atoms with E-state index in [1.165, 1.54) is 25.2 Å². The van der Waals surface area contributed by atoms with E-state index in [1.54, 1.807) is 6.07 Å². The lowest BCUT2D eigenvalue weighted by atomic mass is 10.3. The van der Waals surface area contributed by atoms with E-state index < -0.39 is 10.9 Å². The van der Waals surface area contributed by atoms with Gasteiger partial charge in [0.25, 0.3) is 5.69 Å². The summed E-state index contributed by atoms with van der Waals surface area (Å²) in [4.78, 5) is 20.4. The summed E-state index contributed by atoms with van der Waals surface area (Å²) in [5, 5.41) is 27.4. The third kappa shape index (κ3) is 3.86. The molecule has 1 N–H and O–H groups in total. The fraction of sp³-hybridized carbons (Fsp3) is 0.222. The van der Waals surface area contributed by atoms with Crippen molar-refractivity contribution in [2.45, 2.75) is 0 Å². The molecule has 8 heteroatoms. The zero-order valence-electron chi connectivity index (χ0n) is 8.98. The third-order valence-corrected chi connectivity index (χ3v) is 1.75. The molecular formula is C9H10N4O4. The van der Waals surface area contributed by atoms with E-state index in [0.717, 1.165) is 5.01 Å². The Balaban J connectivity index is 2.84. The van der Waals surface area contributed by atoms with Gasteiger partial charge in [0, 0.05) is 13.1 Å². The summed E-state index contributed by atoms with van der Waals surface area (Å²) in [6, 6.07) is 5.82. The van der Waals surface area contributed by atoms with Crippen molar-refractivity contribution in [1.82, 2.24) is 5.01 Å². The fourth-order valence-electron chi connectivity index (χ4n) is 1.06. The standard InChI is InChI=1S/C9H10N4O4/c1-12(6-9(14)15)11-10-7-4-2-3-5-8(7)13(16)17/h2-5H,6H2,1H3,(H,14,15). The Bertz CT molecular complexity index is 460. The fourth-order valence-corrected chi connectivity index (χ4v) is 1.06. The number of nitrogens with zero attached hydrogens (tertiary/aromatic N) is 4. The van der Waals surface area contributed by atoms with E-state index in [-0.39, 0.29) is 17.9 Å². The molecule has 0 aromatic heterocycles. The molecule has 8 nitrogen and oxygen atoms in total. The van der Waals surface area contributed by atoms with Crippen LogP contribution in [0.5, 0.6) is 0 Å². The minimum Gasteiger partial charge on any atom is -0.480 e. The lowest BCUT2D eigenvalue weighted by molar-refractivity contribution is -0.384. The first kappa shape index (κ1) is 12.6. The molecule has 0 heterocycles. The van der Waals surface area contributed by atoms with Gasteiger partial charge in [-0.05, 0) is 6.07 Å². The largest absolute Gasteiger partial charge is 0.480 e. The molecule has 1 rings (SSSR count). The first-order valence-electron chi connectivity index (χ1n) is 4.58. The van der Waals surface area contributed by atoms with Gasteiger partial charge in [0.15, 0.2) is 5.69 Å². The molecule has 0 saturated carbocycles. The summed E-state index contributed by atoms with van der Waals surface area (Å²) in [5.41, 5.74) is -0.102. The van der Waals surface area contributed by atoms with Gasteiger partial charge >= 0.3 is 5.97 Å². The topological polar surface area (TPSA) is 108 Å². The van der Waals surface area contributed by atoms with Crippen molar-refractivity contribution in [2.24, 2.45) is 10.3 Å². The number of likely N-dealkylation sites (N-methyl/N-ethyl adjacent to an activating group) is 1. The van der Waals surface area contributed by atoms with Gasteiger partial charge in [-0.25, -0.2) is 0 Å². The maximum Gasteiger partial charge on any atom is 0.324 e. The number of carbonyl (C=O) groups is 1. The second-order valence-electron chi connectivity index (χ2n) is 3.14. The number of hydrogen-bond acceptors (Lipinski definition) is 5. The van der Waals surface area contributed by atoms with Crippen molar-refractivity contribution in [3.8, 4) is 0 Å². The van der Waals surface area contributed by atoms with Crippen LogP contribution in [-0.4, -0.2) is 34.6 Å². The maximum absolute atomic E-state index is 10.6. The number of benzene rings is 1. The average Bonchev–Trinajstić information content (AvgIpc) is 2.25. The molecule has 0 fully saturated rings. The Kier molecular flexibility index (Phi) is 4.09. The lowest BCUT2D eigenvalue weighted by Gasteiger charge is -2.06. The SMILES string of the molecule is CN(CC(=O)O)N=Nc1ccccc1[N+](=O)[O-]. The Morgan fingerprint density at radius 3 is 2.76 bits per heavy atom. The van der Waals surface area contributed by atoms with Gasteiger partial charge in [0.05, 0.1) is 4.92 Å². The van der Waals surface area contributed by atoms with Crippen molar-refractivity contribution in [3.05, 3.63) is 34.4 Å².